The van der Waals surface area contributed by atoms with Gasteiger partial charge in [-0.1, -0.05) is 103 Å². The Bertz CT molecular complexity index is 2900. The van der Waals surface area contributed by atoms with Gasteiger partial charge in [0.15, 0.2) is 0 Å². The predicted molar refractivity (Wildman–Crippen MR) is 202 cm³/mol. The minimum atomic E-state index is 0.533. The monoisotopic (exact) mass is 635 g/mol. The van der Waals surface area contributed by atoms with E-state index in [0.29, 0.717) is 16.8 Å². The normalized spacial score (nSPS) is 11.1. The standard InChI is InChI=1S/C45H25N5/c1-48-40-13-8-12-35(45(40)50-43-16-7-4-11-38(43)39-25-29(27-46)17-24-44(39)50)31-20-18-30(19-21-31)34-23-22-33(26-32(34)28-47)49-41-14-5-2-9-36(41)37-10-3-6-15-42(37)49/h2-26H. The van der Waals surface area contributed by atoms with Gasteiger partial charge in [-0.25, -0.2) is 4.85 Å². The number of benzene rings is 7. The van der Waals surface area contributed by atoms with Crippen LogP contribution in [0.1, 0.15) is 11.1 Å². The third kappa shape index (κ3) is 4.31. The second-order valence-electron chi connectivity index (χ2n) is 12.3. The van der Waals surface area contributed by atoms with Crippen LogP contribution in [0.15, 0.2) is 152 Å². The van der Waals surface area contributed by atoms with E-state index in [2.05, 4.69) is 92.8 Å². The van der Waals surface area contributed by atoms with E-state index in [-0.39, 0.29) is 0 Å². The van der Waals surface area contributed by atoms with Crippen molar-refractivity contribution in [3.8, 4) is 45.8 Å². The third-order valence-corrected chi connectivity index (χ3v) is 9.63. The first-order valence-corrected chi connectivity index (χ1v) is 16.3. The lowest BCUT2D eigenvalue weighted by atomic mass is 9.96. The first-order valence-electron chi connectivity index (χ1n) is 16.3. The Morgan fingerprint density at radius 3 is 1.68 bits per heavy atom. The highest BCUT2D eigenvalue weighted by atomic mass is 15.0. The van der Waals surface area contributed by atoms with Gasteiger partial charge in [0.2, 0.25) is 5.69 Å². The van der Waals surface area contributed by atoms with Crippen molar-refractivity contribution in [1.29, 1.82) is 10.5 Å². The lowest BCUT2D eigenvalue weighted by Crippen LogP contribution is -1.98. The molecule has 0 unspecified atom stereocenters. The maximum Gasteiger partial charge on any atom is 0.211 e. The van der Waals surface area contributed by atoms with E-state index in [0.717, 1.165) is 66.5 Å². The molecule has 2 aromatic heterocycles. The Morgan fingerprint density at radius 1 is 0.480 bits per heavy atom. The van der Waals surface area contributed by atoms with Crippen LogP contribution in [0.25, 0.3) is 82.1 Å². The van der Waals surface area contributed by atoms with Gasteiger partial charge in [-0.15, -0.1) is 0 Å². The highest BCUT2D eigenvalue weighted by Crippen LogP contribution is 2.42. The van der Waals surface area contributed by atoms with Crippen molar-refractivity contribution in [2.75, 3.05) is 0 Å². The molecule has 0 atom stereocenters. The summed E-state index contributed by atoms with van der Waals surface area (Å²) in [6.45, 7) is 8.11. The van der Waals surface area contributed by atoms with Crippen LogP contribution in [0.2, 0.25) is 0 Å². The molecule has 0 bridgehead atoms. The summed E-state index contributed by atoms with van der Waals surface area (Å²) in [4.78, 5) is 3.95. The van der Waals surface area contributed by atoms with Crippen molar-refractivity contribution < 1.29 is 0 Å². The molecular formula is C45H25N5. The van der Waals surface area contributed by atoms with Crippen LogP contribution >= 0.6 is 0 Å². The van der Waals surface area contributed by atoms with E-state index >= 15 is 0 Å². The van der Waals surface area contributed by atoms with Gasteiger partial charge in [0.25, 0.3) is 0 Å². The number of nitriles is 2. The van der Waals surface area contributed by atoms with E-state index in [9.17, 15) is 10.5 Å². The van der Waals surface area contributed by atoms with Crippen LogP contribution in [0.4, 0.5) is 5.69 Å². The highest BCUT2D eigenvalue weighted by molar-refractivity contribution is 6.11. The Hall–Kier alpha value is -7.39. The summed E-state index contributed by atoms with van der Waals surface area (Å²) in [5, 5.41) is 24.3. The number of hydrogen-bond donors (Lipinski definition) is 0. The van der Waals surface area contributed by atoms with Gasteiger partial charge in [-0.2, -0.15) is 10.5 Å². The molecule has 50 heavy (non-hydrogen) atoms. The largest absolute Gasteiger partial charge is 0.318 e. The number of rotatable bonds is 4. The van der Waals surface area contributed by atoms with E-state index in [1.54, 1.807) is 0 Å². The minimum absolute atomic E-state index is 0.533. The molecule has 5 heteroatoms. The number of nitrogens with zero attached hydrogens (tertiary/aromatic N) is 5. The van der Waals surface area contributed by atoms with Crippen LogP contribution in [0.5, 0.6) is 0 Å². The molecule has 7 aromatic carbocycles. The average molecular weight is 636 g/mol. The molecule has 230 valence electrons. The lowest BCUT2D eigenvalue weighted by Gasteiger charge is -2.17. The quantitative estimate of drug-likeness (QED) is 0.181. The number of para-hydroxylation sites is 4. The van der Waals surface area contributed by atoms with E-state index in [4.69, 9.17) is 6.57 Å². The molecule has 9 rings (SSSR count). The highest BCUT2D eigenvalue weighted by Gasteiger charge is 2.20. The summed E-state index contributed by atoms with van der Waals surface area (Å²) in [5.74, 6) is 0. The summed E-state index contributed by atoms with van der Waals surface area (Å²) in [6, 6.07) is 55.4. The Kier molecular flexibility index (Phi) is 6.56. The average Bonchev–Trinajstić information content (AvgIpc) is 3.70. The van der Waals surface area contributed by atoms with Gasteiger partial charge in [-0.3, -0.25) is 0 Å². The first-order chi connectivity index (χ1) is 24.7. The summed E-state index contributed by atoms with van der Waals surface area (Å²) in [7, 11) is 0. The second-order valence-corrected chi connectivity index (χ2v) is 12.3. The molecule has 0 N–H and O–H groups in total. The minimum Gasteiger partial charge on any atom is -0.318 e. The van der Waals surface area contributed by atoms with Crippen molar-refractivity contribution in [3.05, 3.63) is 174 Å². The Labute approximate surface area is 288 Å². The Morgan fingerprint density at radius 2 is 1.06 bits per heavy atom. The molecule has 0 spiro atoms. The molecule has 5 nitrogen and oxygen atoms in total. The van der Waals surface area contributed by atoms with E-state index in [1.165, 1.54) is 10.8 Å². The van der Waals surface area contributed by atoms with Crippen molar-refractivity contribution in [2.45, 2.75) is 0 Å². The van der Waals surface area contributed by atoms with Crippen molar-refractivity contribution in [1.82, 2.24) is 9.13 Å². The van der Waals surface area contributed by atoms with Crippen LogP contribution in [-0.2, 0) is 0 Å². The van der Waals surface area contributed by atoms with E-state index < -0.39 is 0 Å². The Balaban J connectivity index is 1.17. The van der Waals surface area contributed by atoms with Crippen molar-refractivity contribution in [3.63, 3.8) is 0 Å². The topological polar surface area (TPSA) is 61.8 Å². The number of fused-ring (bicyclic) bond motifs is 6. The lowest BCUT2D eigenvalue weighted by molar-refractivity contribution is 1.18. The van der Waals surface area contributed by atoms with Gasteiger partial charge in [0, 0.05) is 27.2 Å². The molecule has 0 radical (unpaired) electrons. The fourth-order valence-corrected chi connectivity index (χ4v) is 7.42. The predicted octanol–water partition coefficient (Wildman–Crippen LogP) is 11.5. The molecule has 0 aliphatic rings. The number of hydrogen-bond acceptors (Lipinski definition) is 2. The van der Waals surface area contributed by atoms with Gasteiger partial charge in [0.1, 0.15) is 0 Å². The molecule has 0 aliphatic carbocycles. The third-order valence-electron chi connectivity index (χ3n) is 9.63. The van der Waals surface area contributed by atoms with E-state index in [1.807, 2.05) is 84.9 Å². The maximum atomic E-state index is 10.4. The molecule has 2 heterocycles. The molecule has 0 amide bonds. The maximum absolute atomic E-state index is 10.4. The van der Waals surface area contributed by atoms with Crippen LogP contribution in [-0.4, -0.2) is 9.13 Å². The molecule has 9 aromatic rings. The van der Waals surface area contributed by atoms with Crippen molar-refractivity contribution >= 4 is 49.3 Å². The fraction of sp³-hybridized carbons (Fsp3) is 0. The van der Waals surface area contributed by atoms with Crippen LogP contribution in [0, 0.1) is 29.2 Å². The van der Waals surface area contributed by atoms with Crippen molar-refractivity contribution in [2.24, 2.45) is 0 Å². The van der Waals surface area contributed by atoms with Gasteiger partial charge < -0.3 is 9.13 Å². The molecule has 0 aliphatic heterocycles. The number of aromatic nitrogens is 2. The zero-order valence-corrected chi connectivity index (χ0v) is 26.7. The van der Waals surface area contributed by atoms with Gasteiger partial charge >= 0.3 is 0 Å². The molecule has 0 saturated carbocycles. The fourth-order valence-electron chi connectivity index (χ4n) is 7.42. The summed E-state index contributed by atoms with van der Waals surface area (Å²) < 4.78 is 4.36. The molecule has 0 fully saturated rings. The van der Waals surface area contributed by atoms with Gasteiger partial charge in [-0.05, 0) is 70.8 Å². The molecular weight excluding hydrogens is 611 g/mol. The van der Waals surface area contributed by atoms with Crippen LogP contribution < -0.4 is 0 Å². The zero-order chi connectivity index (χ0) is 33.8. The SMILES string of the molecule is [C-]#[N+]c1cccc(-c2ccc(-c3ccc(-n4c5ccccc5c5ccccc54)cc3C#N)cc2)c1-n1c2ccccc2c2cc(C#N)ccc21. The van der Waals surface area contributed by atoms with Crippen LogP contribution in [0.3, 0.4) is 0 Å². The zero-order valence-electron chi connectivity index (χ0n) is 26.7. The smallest absolute Gasteiger partial charge is 0.211 e. The first kappa shape index (κ1) is 28.8. The summed E-state index contributed by atoms with van der Waals surface area (Å²) in [6.07, 6.45) is 0. The molecule has 0 saturated heterocycles. The second kappa shape index (κ2) is 11.4. The summed E-state index contributed by atoms with van der Waals surface area (Å²) in [5.41, 5.74) is 11.2. The van der Waals surface area contributed by atoms with Gasteiger partial charge in [0.05, 0.1) is 57.6 Å². The summed E-state index contributed by atoms with van der Waals surface area (Å²) >= 11 is 0.